The smallest absolute Gasteiger partial charge is 0.273 e. The van der Waals surface area contributed by atoms with Gasteiger partial charge in [-0.2, -0.15) is 6.08 Å². The topological polar surface area (TPSA) is 0 Å². The van der Waals surface area contributed by atoms with Crippen molar-refractivity contribution in [2.24, 2.45) is 0 Å². The summed E-state index contributed by atoms with van der Waals surface area (Å²) in [4.78, 5) is 0. The molecule has 0 radical (unpaired) electrons. The van der Waals surface area contributed by atoms with Crippen LogP contribution in [0.4, 0.5) is 0 Å². The van der Waals surface area contributed by atoms with E-state index >= 15 is 0 Å². The Morgan fingerprint density at radius 1 is 0.957 bits per heavy atom. The van der Waals surface area contributed by atoms with Gasteiger partial charge in [-0.1, -0.05) is 62.6 Å². The van der Waals surface area contributed by atoms with Crippen LogP contribution in [0.25, 0.3) is 21.5 Å². The minimum atomic E-state index is 0. The Balaban J connectivity index is 0.000000171. The van der Waals surface area contributed by atoms with E-state index in [1.54, 1.807) is 0 Å². The molecule has 0 N–H and O–H groups in total. The van der Waals surface area contributed by atoms with Crippen molar-refractivity contribution in [3.8, 4) is 0 Å². The van der Waals surface area contributed by atoms with Gasteiger partial charge < -0.3 is 0 Å². The van der Waals surface area contributed by atoms with Crippen molar-refractivity contribution in [1.29, 1.82) is 0 Å². The molecule has 0 bridgehead atoms. The molecule has 0 aromatic heterocycles. The molecule has 0 nitrogen and oxygen atoms in total. The molecular weight excluding hydrogens is 355 g/mol. The second-order valence-electron chi connectivity index (χ2n) is 5.75. The Hall–Kier alpha value is -1.33. The van der Waals surface area contributed by atoms with Crippen molar-refractivity contribution in [1.82, 2.24) is 0 Å². The Morgan fingerprint density at radius 2 is 1.57 bits per heavy atom. The molecule has 4 rings (SSSR count). The van der Waals surface area contributed by atoms with Crippen LogP contribution in [-0.4, -0.2) is 0 Å². The maximum Gasteiger partial charge on any atom is 2.00 e. The van der Waals surface area contributed by atoms with E-state index in [4.69, 9.17) is 0 Å². The molecule has 0 heterocycles. The van der Waals surface area contributed by atoms with Gasteiger partial charge in [-0.15, -0.1) is 46.2 Å². The van der Waals surface area contributed by atoms with Crippen LogP contribution in [0.3, 0.4) is 0 Å². The molecule has 1 heteroatoms. The second-order valence-corrected chi connectivity index (χ2v) is 5.75. The SMILES string of the molecule is CCCCC1=CC[C-]=C1.[Zr+2].c1ccc2c(c1)[cH-]c1ccccc12. The van der Waals surface area contributed by atoms with E-state index in [0.717, 1.165) is 6.42 Å². The molecule has 23 heavy (non-hydrogen) atoms. The van der Waals surface area contributed by atoms with Crippen molar-refractivity contribution in [3.63, 3.8) is 0 Å². The van der Waals surface area contributed by atoms with Crippen LogP contribution < -0.4 is 0 Å². The fourth-order valence-electron chi connectivity index (χ4n) is 2.90. The van der Waals surface area contributed by atoms with Gasteiger partial charge in [-0.25, -0.2) is 11.6 Å². The van der Waals surface area contributed by atoms with E-state index in [2.05, 4.69) is 79.7 Å². The van der Waals surface area contributed by atoms with Crippen molar-refractivity contribution in [2.75, 3.05) is 0 Å². The molecule has 0 spiro atoms. The summed E-state index contributed by atoms with van der Waals surface area (Å²) >= 11 is 0. The normalized spacial score (nSPS) is 12.7. The monoisotopic (exact) mass is 376 g/mol. The first-order valence-corrected chi connectivity index (χ1v) is 8.17. The zero-order valence-corrected chi connectivity index (χ0v) is 16.1. The Kier molecular flexibility index (Phi) is 7.12. The molecular formula is C22H22Zr. The molecule has 0 unspecified atom stereocenters. The van der Waals surface area contributed by atoms with Gasteiger partial charge in [-0.05, 0) is 0 Å². The molecule has 3 aromatic carbocycles. The number of hydrogen-bond donors (Lipinski definition) is 0. The predicted molar refractivity (Wildman–Crippen MR) is 97.1 cm³/mol. The van der Waals surface area contributed by atoms with Crippen LogP contribution in [0.2, 0.25) is 0 Å². The summed E-state index contributed by atoms with van der Waals surface area (Å²) in [5.74, 6) is 0. The Labute approximate surface area is 158 Å². The Bertz CT molecular complexity index is 755. The molecule has 0 aliphatic heterocycles. The van der Waals surface area contributed by atoms with Crippen LogP contribution in [0.5, 0.6) is 0 Å². The van der Waals surface area contributed by atoms with Crippen LogP contribution in [0.15, 0.2) is 72.3 Å². The van der Waals surface area contributed by atoms with Crippen LogP contribution >= 0.6 is 0 Å². The number of unbranched alkanes of at least 4 members (excludes halogenated alkanes) is 1. The molecule has 1 aliphatic rings. The third-order valence-corrected chi connectivity index (χ3v) is 4.11. The quantitative estimate of drug-likeness (QED) is 0.452. The van der Waals surface area contributed by atoms with Crippen molar-refractivity contribution in [2.45, 2.75) is 32.6 Å². The van der Waals surface area contributed by atoms with E-state index in [1.807, 2.05) is 0 Å². The van der Waals surface area contributed by atoms with Crippen LogP contribution in [0.1, 0.15) is 32.6 Å². The Morgan fingerprint density at radius 3 is 2.09 bits per heavy atom. The summed E-state index contributed by atoms with van der Waals surface area (Å²) < 4.78 is 0. The van der Waals surface area contributed by atoms with Gasteiger partial charge in [0.05, 0.1) is 0 Å². The van der Waals surface area contributed by atoms with E-state index in [0.29, 0.717) is 0 Å². The largest absolute Gasteiger partial charge is 2.00 e. The number of fused-ring (bicyclic) bond motifs is 3. The summed E-state index contributed by atoms with van der Waals surface area (Å²) in [7, 11) is 0. The minimum Gasteiger partial charge on any atom is -0.273 e. The molecule has 0 amide bonds. The number of allylic oxidation sites excluding steroid dienone is 4. The summed E-state index contributed by atoms with van der Waals surface area (Å²) in [5.41, 5.74) is 1.48. The van der Waals surface area contributed by atoms with Crippen LogP contribution in [0, 0.1) is 6.08 Å². The first-order valence-electron chi connectivity index (χ1n) is 8.17. The molecule has 114 valence electrons. The number of rotatable bonds is 3. The van der Waals surface area contributed by atoms with Gasteiger partial charge in [0.15, 0.2) is 0 Å². The fraction of sp³-hybridized carbons (Fsp3) is 0.227. The van der Waals surface area contributed by atoms with Crippen molar-refractivity contribution in [3.05, 3.63) is 78.4 Å². The van der Waals surface area contributed by atoms with Crippen LogP contribution in [-0.2, 0) is 26.2 Å². The van der Waals surface area contributed by atoms with Gasteiger partial charge in [0.25, 0.3) is 0 Å². The fourth-order valence-corrected chi connectivity index (χ4v) is 2.90. The maximum absolute atomic E-state index is 3.16. The van der Waals surface area contributed by atoms with Gasteiger partial charge in [0.1, 0.15) is 0 Å². The van der Waals surface area contributed by atoms with E-state index in [1.165, 1.54) is 46.4 Å². The summed E-state index contributed by atoms with van der Waals surface area (Å²) in [5, 5.41) is 5.39. The van der Waals surface area contributed by atoms with E-state index in [-0.39, 0.29) is 26.2 Å². The second kappa shape index (κ2) is 9.09. The number of benzene rings is 2. The average molecular weight is 378 g/mol. The van der Waals surface area contributed by atoms with Gasteiger partial charge >= 0.3 is 26.2 Å². The summed E-state index contributed by atoms with van der Waals surface area (Å²) in [6.45, 7) is 2.23. The standard InChI is InChI=1S/C13H9.C9H13.Zr/c1-3-7-12-10(5-1)9-11-6-2-4-8-13(11)12;1-2-3-6-9-7-4-5-8-9;/h1-9H;7-8H,2-4,6H2,1H3;/q2*-1;+2. The zero-order chi connectivity index (χ0) is 15.2. The first kappa shape index (κ1) is 18.0. The van der Waals surface area contributed by atoms with Gasteiger partial charge in [0.2, 0.25) is 0 Å². The minimum absolute atomic E-state index is 0. The van der Waals surface area contributed by atoms with Gasteiger partial charge in [0, 0.05) is 0 Å². The molecule has 1 aliphatic carbocycles. The molecule has 3 aromatic rings. The van der Waals surface area contributed by atoms with E-state index in [9.17, 15) is 0 Å². The third-order valence-electron chi connectivity index (χ3n) is 4.11. The van der Waals surface area contributed by atoms with Crippen molar-refractivity contribution >= 4 is 21.5 Å². The predicted octanol–water partition coefficient (Wildman–Crippen LogP) is 6.58. The average Bonchev–Trinajstić information content (AvgIpc) is 3.21. The maximum atomic E-state index is 3.16. The van der Waals surface area contributed by atoms with Crippen molar-refractivity contribution < 1.29 is 26.2 Å². The molecule has 0 saturated heterocycles. The molecule has 0 atom stereocenters. The number of hydrogen-bond acceptors (Lipinski definition) is 0. The summed E-state index contributed by atoms with van der Waals surface area (Å²) in [6.07, 6.45) is 12.5. The van der Waals surface area contributed by atoms with Gasteiger partial charge in [-0.3, -0.25) is 6.08 Å². The first-order chi connectivity index (χ1) is 10.9. The molecule has 0 fully saturated rings. The zero-order valence-electron chi connectivity index (χ0n) is 13.7. The summed E-state index contributed by atoms with van der Waals surface area (Å²) in [6, 6.07) is 19.3. The third kappa shape index (κ3) is 4.58. The van der Waals surface area contributed by atoms with E-state index < -0.39 is 0 Å². The molecule has 0 saturated carbocycles.